The largest absolute Gasteiger partial charge is 0.342 e. The first-order valence-corrected chi connectivity index (χ1v) is 9.04. The Bertz CT molecular complexity index is 959. The average Bonchev–Trinajstić information content (AvgIpc) is 3.15. The summed E-state index contributed by atoms with van der Waals surface area (Å²) in [4.78, 5) is 14.5. The molecule has 0 amide bonds. The first-order chi connectivity index (χ1) is 12.2. The Kier molecular flexibility index (Phi) is 3.87. The second-order valence-electron chi connectivity index (χ2n) is 6.22. The van der Waals surface area contributed by atoms with Crippen LogP contribution >= 0.6 is 11.3 Å². The molecule has 0 N–H and O–H groups in total. The molecule has 3 nitrogen and oxygen atoms in total. The zero-order valence-electron chi connectivity index (χ0n) is 13.8. The van der Waals surface area contributed by atoms with Crippen molar-refractivity contribution in [3.05, 3.63) is 87.4 Å². The SMILES string of the molecule is CN1C=C2CC(=O)C(c3ccsc3)C=C2C(c2ccccc2)=C1C#N. The maximum atomic E-state index is 12.7. The van der Waals surface area contributed by atoms with Gasteiger partial charge in [-0.05, 0) is 39.1 Å². The van der Waals surface area contributed by atoms with Gasteiger partial charge >= 0.3 is 0 Å². The molecule has 0 saturated heterocycles. The third-order valence-corrected chi connectivity index (χ3v) is 5.37. The van der Waals surface area contributed by atoms with Crippen molar-refractivity contribution in [2.24, 2.45) is 0 Å². The van der Waals surface area contributed by atoms with E-state index in [9.17, 15) is 10.1 Å². The van der Waals surface area contributed by atoms with Gasteiger partial charge in [0, 0.05) is 25.2 Å². The van der Waals surface area contributed by atoms with Crippen molar-refractivity contribution in [1.29, 1.82) is 5.26 Å². The normalized spacial score (nSPS) is 19.9. The summed E-state index contributed by atoms with van der Waals surface area (Å²) in [5, 5.41) is 13.7. The minimum Gasteiger partial charge on any atom is -0.342 e. The van der Waals surface area contributed by atoms with E-state index in [-0.39, 0.29) is 11.7 Å². The summed E-state index contributed by atoms with van der Waals surface area (Å²) in [5.41, 5.74) is 5.55. The zero-order chi connectivity index (χ0) is 17.4. The number of rotatable bonds is 2. The van der Waals surface area contributed by atoms with Gasteiger partial charge in [-0.25, -0.2) is 0 Å². The Morgan fingerprint density at radius 2 is 2.04 bits per heavy atom. The van der Waals surface area contributed by atoms with Gasteiger partial charge in [-0.3, -0.25) is 4.79 Å². The molecule has 0 saturated carbocycles. The number of carbonyl (C=O) groups excluding carboxylic acids is 1. The van der Waals surface area contributed by atoms with E-state index in [2.05, 4.69) is 6.07 Å². The number of Topliss-reactive ketones (excluding diaryl/α,β-unsaturated/α-hetero) is 1. The van der Waals surface area contributed by atoms with E-state index in [1.807, 2.05) is 71.4 Å². The number of hydrogen-bond donors (Lipinski definition) is 0. The fourth-order valence-corrected chi connectivity index (χ4v) is 4.18. The average molecular weight is 344 g/mol. The fourth-order valence-electron chi connectivity index (χ4n) is 3.49. The minimum atomic E-state index is -0.236. The van der Waals surface area contributed by atoms with Gasteiger partial charge in [-0.2, -0.15) is 16.6 Å². The van der Waals surface area contributed by atoms with E-state index in [1.165, 1.54) is 0 Å². The number of allylic oxidation sites excluding steroid dienone is 5. The highest BCUT2D eigenvalue weighted by molar-refractivity contribution is 7.08. The van der Waals surface area contributed by atoms with E-state index < -0.39 is 0 Å². The van der Waals surface area contributed by atoms with Gasteiger partial charge in [0.2, 0.25) is 0 Å². The van der Waals surface area contributed by atoms with Crippen molar-refractivity contribution < 1.29 is 4.79 Å². The molecule has 4 rings (SSSR count). The maximum absolute atomic E-state index is 12.7. The molecule has 1 atom stereocenters. The number of fused-ring (bicyclic) bond motifs is 1. The van der Waals surface area contributed by atoms with Gasteiger partial charge in [-0.1, -0.05) is 36.4 Å². The first-order valence-electron chi connectivity index (χ1n) is 8.09. The van der Waals surface area contributed by atoms with Crippen LogP contribution in [0.1, 0.15) is 23.5 Å². The van der Waals surface area contributed by atoms with Crippen LogP contribution in [-0.2, 0) is 4.79 Å². The van der Waals surface area contributed by atoms with Crippen LogP contribution in [0.25, 0.3) is 5.57 Å². The number of nitrogens with zero attached hydrogens (tertiary/aromatic N) is 2. The molecule has 0 radical (unpaired) electrons. The molecule has 0 fully saturated rings. The van der Waals surface area contributed by atoms with Crippen LogP contribution in [-0.4, -0.2) is 17.7 Å². The van der Waals surface area contributed by atoms with Crippen molar-refractivity contribution in [3.63, 3.8) is 0 Å². The second kappa shape index (κ2) is 6.19. The Balaban J connectivity index is 1.92. The van der Waals surface area contributed by atoms with Gasteiger partial charge < -0.3 is 4.90 Å². The molecule has 1 aromatic carbocycles. The van der Waals surface area contributed by atoms with E-state index in [4.69, 9.17) is 0 Å². The number of carbonyl (C=O) groups is 1. The third kappa shape index (κ3) is 2.63. The highest BCUT2D eigenvalue weighted by Crippen LogP contribution is 2.43. The molecule has 1 aliphatic carbocycles. The summed E-state index contributed by atoms with van der Waals surface area (Å²) < 4.78 is 0. The minimum absolute atomic E-state index is 0.203. The molecule has 2 aromatic rings. The Hall–Kier alpha value is -2.90. The summed E-state index contributed by atoms with van der Waals surface area (Å²) in [6.45, 7) is 0. The predicted molar refractivity (Wildman–Crippen MR) is 99.6 cm³/mol. The molecule has 0 spiro atoms. The summed E-state index contributed by atoms with van der Waals surface area (Å²) in [7, 11) is 1.86. The molecular weight excluding hydrogens is 328 g/mol. The fraction of sp³-hybridized carbons (Fsp3) is 0.143. The molecule has 122 valence electrons. The zero-order valence-corrected chi connectivity index (χ0v) is 14.6. The van der Waals surface area contributed by atoms with Crippen molar-refractivity contribution in [1.82, 2.24) is 4.90 Å². The van der Waals surface area contributed by atoms with E-state index in [0.717, 1.165) is 27.8 Å². The molecule has 1 unspecified atom stereocenters. The first kappa shape index (κ1) is 15.6. The van der Waals surface area contributed by atoms with Crippen LogP contribution < -0.4 is 0 Å². The standard InChI is InChI=1S/C21H16N2OS/c1-23-12-16-9-20(24)17(15-7-8-25-13-15)10-18(16)21(19(23)11-22)14-5-3-2-4-6-14/h2-8,10,12-13,17H,9H2,1H3. The molecule has 1 aromatic heterocycles. The number of nitriles is 1. The van der Waals surface area contributed by atoms with Gasteiger partial charge in [0.1, 0.15) is 17.5 Å². The topological polar surface area (TPSA) is 44.1 Å². The molecule has 1 aliphatic heterocycles. The van der Waals surface area contributed by atoms with Crippen LogP contribution in [0.4, 0.5) is 0 Å². The Morgan fingerprint density at radius 3 is 2.72 bits per heavy atom. The second-order valence-corrected chi connectivity index (χ2v) is 7.00. The van der Waals surface area contributed by atoms with Crippen molar-refractivity contribution in [2.75, 3.05) is 7.05 Å². The van der Waals surface area contributed by atoms with Crippen LogP contribution in [0.2, 0.25) is 0 Å². The van der Waals surface area contributed by atoms with Gasteiger partial charge in [0.15, 0.2) is 0 Å². The summed E-state index contributed by atoms with van der Waals surface area (Å²) >= 11 is 1.60. The van der Waals surface area contributed by atoms with E-state index in [1.54, 1.807) is 11.3 Å². The number of ketones is 1. The lowest BCUT2D eigenvalue weighted by atomic mass is 9.77. The lowest BCUT2D eigenvalue weighted by Gasteiger charge is -2.32. The van der Waals surface area contributed by atoms with Gasteiger partial charge in [-0.15, -0.1) is 0 Å². The predicted octanol–water partition coefficient (Wildman–Crippen LogP) is 4.50. The molecule has 0 bridgehead atoms. The Labute approximate surface area is 150 Å². The third-order valence-electron chi connectivity index (χ3n) is 4.67. The van der Waals surface area contributed by atoms with Crippen LogP contribution in [0.15, 0.2) is 76.3 Å². The number of thiophene rings is 1. The van der Waals surface area contributed by atoms with Crippen LogP contribution in [0.5, 0.6) is 0 Å². The van der Waals surface area contributed by atoms with Crippen molar-refractivity contribution in [3.8, 4) is 6.07 Å². The highest BCUT2D eigenvalue weighted by Gasteiger charge is 2.33. The van der Waals surface area contributed by atoms with Crippen molar-refractivity contribution in [2.45, 2.75) is 12.3 Å². The number of hydrogen-bond acceptors (Lipinski definition) is 4. The van der Waals surface area contributed by atoms with Gasteiger partial charge in [0.25, 0.3) is 0 Å². The monoisotopic (exact) mass is 344 g/mol. The van der Waals surface area contributed by atoms with Gasteiger partial charge in [0.05, 0.1) is 5.92 Å². The maximum Gasteiger partial charge on any atom is 0.148 e. The summed E-state index contributed by atoms with van der Waals surface area (Å²) in [6.07, 6.45) is 4.34. The molecule has 25 heavy (non-hydrogen) atoms. The van der Waals surface area contributed by atoms with E-state index >= 15 is 0 Å². The van der Waals surface area contributed by atoms with Crippen LogP contribution in [0, 0.1) is 11.3 Å². The molecular formula is C21H16N2OS. The van der Waals surface area contributed by atoms with E-state index in [0.29, 0.717) is 12.1 Å². The van der Waals surface area contributed by atoms with Crippen LogP contribution in [0.3, 0.4) is 0 Å². The smallest absolute Gasteiger partial charge is 0.148 e. The molecule has 2 aliphatic rings. The quantitative estimate of drug-likeness (QED) is 0.806. The lowest BCUT2D eigenvalue weighted by Crippen LogP contribution is -2.24. The molecule has 2 heterocycles. The molecule has 4 heteroatoms. The number of benzene rings is 1. The summed E-state index contributed by atoms with van der Waals surface area (Å²) in [6, 6.07) is 14.3. The lowest BCUT2D eigenvalue weighted by molar-refractivity contribution is -0.119. The Morgan fingerprint density at radius 1 is 1.24 bits per heavy atom. The highest BCUT2D eigenvalue weighted by atomic mass is 32.1. The van der Waals surface area contributed by atoms with Crippen molar-refractivity contribution >= 4 is 22.7 Å². The summed E-state index contributed by atoms with van der Waals surface area (Å²) in [5.74, 6) is -0.0323.